The number of hydrogen-bond donors (Lipinski definition) is 1. The van der Waals surface area contributed by atoms with Gasteiger partial charge in [0.25, 0.3) is 5.91 Å². The van der Waals surface area contributed by atoms with Crippen LogP contribution in [0.15, 0.2) is 47.1 Å². The Morgan fingerprint density at radius 3 is 2.65 bits per heavy atom. The summed E-state index contributed by atoms with van der Waals surface area (Å²) in [7, 11) is 0. The Bertz CT molecular complexity index is 853. The SMILES string of the molecule is CCCc1nc2ccc(C)cn2c1C(=O)Nc1ccc(Br)cc1. The van der Waals surface area contributed by atoms with Gasteiger partial charge < -0.3 is 5.32 Å². The zero-order valence-corrected chi connectivity index (χ0v) is 14.7. The van der Waals surface area contributed by atoms with Gasteiger partial charge in [-0.15, -0.1) is 0 Å². The summed E-state index contributed by atoms with van der Waals surface area (Å²) in [6, 6.07) is 11.5. The highest BCUT2D eigenvalue weighted by atomic mass is 79.9. The number of halogens is 1. The van der Waals surface area contributed by atoms with Crippen molar-refractivity contribution in [1.82, 2.24) is 9.38 Å². The number of hydrogen-bond acceptors (Lipinski definition) is 2. The van der Waals surface area contributed by atoms with Gasteiger partial charge in [-0.2, -0.15) is 0 Å². The van der Waals surface area contributed by atoms with Crippen molar-refractivity contribution >= 4 is 33.2 Å². The van der Waals surface area contributed by atoms with Gasteiger partial charge in [0.15, 0.2) is 0 Å². The Balaban J connectivity index is 2.02. The number of benzene rings is 1. The molecule has 0 fully saturated rings. The van der Waals surface area contributed by atoms with Gasteiger partial charge in [0, 0.05) is 16.4 Å². The predicted octanol–water partition coefficient (Wildman–Crippen LogP) is 4.61. The normalized spacial score (nSPS) is 10.9. The van der Waals surface area contributed by atoms with E-state index in [9.17, 15) is 4.79 Å². The molecule has 0 atom stereocenters. The smallest absolute Gasteiger partial charge is 0.274 e. The third-order valence-corrected chi connectivity index (χ3v) is 4.17. The second-order valence-electron chi connectivity index (χ2n) is 5.55. The quantitative estimate of drug-likeness (QED) is 0.727. The number of fused-ring (bicyclic) bond motifs is 1. The van der Waals surface area contributed by atoms with E-state index in [1.54, 1.807) is 0 Å². The summed E-state index contributed by atoms with van der Waals surface area (Å²) in [6.07, 6.45) is 3.68. The van der Waals surface area contributed by atoms with E-state index in [0.717, 1.165) is 39.9 Å². The minimum Gasteiger partial charge on any atom is -0.321 e. The van der Waals surface area contributed by atoms with Crippen molar-refractivity contribution in [2.45, 2.75) is 26.7 Å². The molecule has 1 amide bonds. The van der Waals surface area contributed by atoms with Crippen LogP contribution in [0.3, 0.4) is 0 Å². The number of anilines is 1. The number of pyridine rings is 1. The Morgan fingerprint density at radius 1 is 1.22 bits per heavy atom. The molecule has 0 bridgehead atoms. The number of aryl methyl sites for hydroxylation is 2. The van der Waals surface area contributed by atoms with Gasteiger partial charge in [0.2, 0.25) is 0 Å². The second kappa shape index (κ2) is 6.54. The lowest BCUT2D eigenvalue weighted by atomic mass is 10.2. The first kappa shape index (κ1) is 15.7. The molecule has 2 aromatic heterocycles. The van der Waals surface area contributed by atoms with Crippen LogP contribution in [0, 0.1) is 6.92 Å². The average Bonchev–Trinajstić information content (AvgIpc) is 2.87. The summed E-state index contributed by atoms with van der Waals surface area (Å²) in [5.74, 6) is -0.131. The van der Waals surface area contributed by atoms with Crippen LogP contribution in [-0.4, -0.2) is 15.3 Å². The molecule has 118 valence electrons. The van der Waals surface area contributed by atoms with Crippen molar-refractivity contribution in [3.63, 3.8) is 0 Å². The number of rotatable bonds is 4. The third kappa shape index (κ3) is 3.29. The van der Waals surface area contributed by atoms with Crippen molar-refractivity contribution in [3.05, 3.63) is 64.0 Å². The Hall–Kier alpha value is -2.14. The largest absolute Gasteiger partial charge is 0.321 e. The fourth-order valence-electron chi connectivity index (χ4n) is 2.57. The molecule has 3 aromatic rings. The molecule has 1 aromatic carbocycles. The topological polar surface area (TPSA) is 46.4 Å². The van der Waals surface area contributed by atoms with E-state index in [0.29, 0.717) is 5.69 Å². The molecule has 0 radical (unpaired) electrons. The maximum absolute atomic E-state index is 12.8. The standard InChI is InChI=1S/C18H18BrN3O/c1-3-4-15-17(22-11-12(2)5-10-16(22)21-15)18(23)20-14-8-6-13(19)7-9-14/h5-11H,3-4H2,1-2H3,(H,20,23). The van der Waals surface area contributed by atoms with E-state index in [-0.39, 0.29) is 5.91 Å². The summed E-state index contributed by atoms with van der Waals surface area (Å²) in [5, 5.41) is 2.96. The van der Waals surface area contributed by atoms with E-state index >= 15 is 0 Å². The number of aromatic nitrogens is 2. The lowest BCUT2D eigenvalue weighted by Crippen LogP contribution is -2.16. The highest BCUT2D eigenvalue weighted by molar-refractivity contribution is 9.10. The Morgan fingerprint density at radius 2 is 1.96 bits per heavy atom. The molecule has 23 heavy (non-hydrogen) atoms. The lowest BCUT2D eigenvalue weighted by molar-refractivity contribution is 0.102. The van der Waals surface area contributed by atoms with Gasteiger partial charge in [-0.05, 0) is 49.2 Å². The summed E-state index contributed by atoms with van der Waals surface area (Å²) < 4.78 is 2.86. The molecule has 0 aliphatic heterocycles. The van der Waals surface area contributed by atoms with Gasteiger partial charge in [0.05, 0.1) is 5.69 Å². The van der Waals surface area contributed by atoms with Crippen LogP contribution in [0.5, 0.6) is 0 Å². The van der Waals surface area contributed by atoms with Crippen molar-refractivity contribution in [1.29, 1.82) is 0 Å². The van der Waals surface area contributed by atoms with Gasteiger partial charge in [0.1, 0.15) is 11.3 Å². The first-order valence-electron chi connectivity index (χ1n) is 7.63. The molecule has 0 unspecified atom stereocenters. The lowest BCUT2D eigenvalue weighted by Gasteiger charge is -2.07. The first-order valence-corrected chi connectivity index (χ1v) is 8.42. The summed E-state index contributed by atoms with van der Waals surface area (Å²) in [6.45, 7) is 4.10. The van der Waals surface area contributed by atoms with Crippen molar-refractivity contribution in [2.75, 3.05) is 5.32 Å². The Kier molecular flexibility index (Phi) is 4.48. The Labute approximate surface area is 143 Å². The van der Waals surface area contributed by atoms with E-state index in [1.807, 2.05) is 53.9 Å². The van der Waals surface area contributed by atoms with E-state index in [4.69, 9.17) is 0 Å². The summed E-state index contributed by atoms with van der Waals surface area (Å²) in [5.41, 5.74) is 4.13. The monoisotopic (exact) mass is 371 g/mol. The van der Waals surface area contributed by atoms with Crippen LogP contribution >= 0.6 is 15.9 Å². The second-order valence-corrected chi connectivity index (χ2v) is 6.47. The minimum absolute atomic E-state index is 0.131. The molecule has 2 heterocycles. The molecule has 4 nitrogen and oxygen atoms in total. The zero-order chi connectivity index (χ0) is 16.4. The molecule has 0 saturated heterocycles. The molecular formula is C18H18BrN3O. The molecule has 3 rings (SSSR count). The van der Waals surface area contributed by atoms with Gasteiger partial charge in [-0.3, -0.25) is 9.20 Å². The highest BCUT2D eigenvalue weighted by Crippen LogP contribution is 2.19. The van der Waals surface area contributed by atoms with Crippen LogP contribution in [0.1, 0.15) is 35.1 Å². The number of imidazole rings is 1. The summed E-state index contributed by atoms with van der Waals surface area (Å²) in [4.78, 5) is 17.4. The van der Waals surface area contributed by atoms with E-state index in [2.05, 4.69) is 33.2 Å². The molecule has 5 heteroatoms. The van der Waals surface area contributed by atoms with E-state index in [1.165, 1.54) is 0 Å². The van der Waals surface area contributed by atoms with Crippen molar-refractivity contribution < 1.29 is 4.79 Å². The van der Waals surface area contributed by atoms with Crippen molar-refractivity contribution in [2.24, 2.45) is 0 Å². The number of nitrogens with zero attached hydrogens (tertiary/aromatic N) is 2. The molecule has 0 aliphatic rings. The zero-order valence-electron chi connectivity index (χ0n) is 13.1. The molecule has 1 N–H and O–H groups in total. The van der Waals surface area contributed by atoms with E-state index < -0.39 is 0 Å². The van der Waals surface area contributed by atoms with Gasteiger partial charge in [-0.25, -0.2) is 4.98 Å². The molecule has 0 saturated carbocycles. The van der Waals surface area contributed by atoms with Crippen molar-refractivity contribution in [3.8, 4) is 0 Å². The van der Waals surface area contributed by atoms with Crippen LogP contribution in [-0.2, 0) is 6.42 Å². The maximum atomic E-state index is 12.8. The van der Waals surface area contributed by atoms with Gasteiger partial charge in [-0.1, -0.05) is 35.3 Å². The fraction of sp³-hybridized carbons (Fsp3) is 0.222. The number of nitrogens with one attached hydrogen (secondary N) is 1. The number of carbonyl (C=O) groups is 1. The van der Waals surface area contributed by atoms with Crippen LogP contribution < -0.4 is 5.32 Å². The number of carbonyl (C=O) groups excluding carboxylic acids is 1. The minimum atomic E-state index is -0.131. The first-order chi connectivity index (χ1) is 11.1. The molecule has 0 spiro atoms. The maximum Gasteiger partial charge on any atom is 0.274 e. The molecule has 0 aliphatic carbocycles. The number of amides is 1. The summed E-state index contributed by atoms with van der Waals surface area (Å²) >= 11 is 3.40. The molecular weight excluding hydrogens is 354 g/mol. The predicted molar refractivity (Wildman–Crippen MR) is 96.0 cm³/mol. The fourth-order valence-corrected chi connectivity index (χ4v) is 2.84. The van der Waals surface area contributed by atoms with Gasteiger partial charge >= 0.3 is 0 Å². The van der Waals surface area contributed by atoms with Crippen LogP contribution in [0.25, 0.3) is 5.65 Å². The van der Waals surface area contributed by atoms with Crippen LogP contribution in [0.2, 0.25) is 0 Å². The third-order valence-electron chi connectivity index (χ3n) is 3.64. The average molecular weight is 372 g/mol. The highest BCUT2D eigenvalue weighted by Gasteiger charge is 2.19. The van der Waals surface area contributed by atoms with Crippen LogP contribution in [0.4, 0.5) is 5.69 Å².